The van der Waals surface area contributed by atoms with Crippen molar-refractivity contribution >= 4 is 29.1 Å². The Labute approximate surface area is 172 Å². The first-order valence-electron chi connectivity index (χ1n) is 9.91. The summed E-state index contributed by atoms with van der Waals surface area (Å²) in [4.78, 5) is 11.5. The van der Waals surface area contributed by atoms with Crippen molar-refractivity contribution in [1.82, 2.24) is 15.3 Å². The van der Waals surface area contributed by atoms with E-state index in [-0.39, 0.29) is 0 Å². The molecule has 0 bridgehead atoms. The van der Waals surface area contributed by atoms with Gasteiger partial charge in [0.15, 0.2) is 5.11 Å². The molecule has 1 aliphatic rings. The third-order valence-electron chi connectivity index (χ3n) is 4.53. The number of para-hydroxylation sites is 1. The average Bonchev–Trinajstić information content (AvgIpc) is 2.67. The van der Waals surface area contributed by atoms with Crippen molar-refractivity contribution in [1.29, 1.82) is 0 Å². The zero-order valence-electron chi connectivity index (χ0n) is 16.8. The summed E-state index contributed by atoms with van der Waals surface area (Å²) in [7, 11) is 0. The number of rotatable bonds is 6. The summed E-state index contributed by atoms with van der Waals surface area (Å²) in [6.45, 7) is 9.31. The van der Waals surface area contributed by atoms with E-state index in [2.05, 4.69) is 41.3 Å². The fourth-order valence-electron chi connectivity index (χ4n) is 3.13. The van der Waals surface area contributed by atoms with Gasteiger partial charge in [-0.2, -0.15) is 9.97 Å². The van der Waals surface area contributed by atoms with Crippen LogP contribution in [0, 0.1) is 11.8 Å². The first-order valence-corrected chi connectivity index (χ1v) is 10.3. The SMILES string of the molecule is CC(C)CNC(=S)Nc1nc(Oc2ccccc2)cc(N2CCC[C@H](C)C2)n1. The van der Waals surface area contributed by atoms with Gasteiger partial charge in [-0.05, 0) is 49.0 Å². The molecule has 1 aromatic heterocycles. The molecular formula is C21H29N5OS. The Bertz CT molecular complexity index is 784. The molecule has 2 N–H and O–H groups in total. The van der Waals surface area contributed by atoms with Gasteiger partial charge >= 0.3 is 0 Å². The lowest BCUT2D eigenvalue weighted by Gasteiger charge is -2.32. The molecule has 6 nitrogen and oxygen atoms in total. The molecule has 1 fully saturated rings. The standard InChI is InChI=1S/C21H29N5OS/c1-15(2)13-22-21(28)25-20-23-18(26-11-7-8-16(3)14-26)12-19(24-20)27-17-9-5-4-6-10-17/h4-6,9-10,12,15-16H,7-8,11,13-14H2,1-3H3,(H2,22,23,24,25,28)/t16-/m0/s1. The van der Waals surface area contributed by atoms with Crippen LogP contribution < -0.4 is 20.3 Å². The van der Waals surface area contributed by atoms with E-state index in [0.29, 0.717) is 28.8 Å². The Kier molecular flexibility index (Phi) is 7.03. The largest absolute Gasteiger partial charge is 0.439 e. The second-order valence-electron chi connectivity index (χ2n) is 7.73. The lowest BCUT2D eigenvalue weighted by Crippen LogP contribution is -2.35. The van der Waals surface area contributed by atoms with E-state index in [4.69, 9.17) is 21.9 Å². The molecule has 0 unspecified atom stereocenters. The van der Waals surface area contributed by atoms with Crippen molar-refractivity contribution in [2.45, 2.75) is 33.6 Å². The minimum absolute atomic E-state index is 0.447. The van der Waals surface area contributed by atoms with E-state index in [9.17, 15) is 0 Å². The first-order chi connectivity index (χ1) is 13.5. The van der Waals surface area contributed by atoms with Gasteiger partial charge in [-0.15, -0.1) is 0 Å². The molecule has 2 aromatic rings. The molecule has 1 aromatic carbocycles. The van der Waals surface area contributed by atoms with Crippen LogP contribution in [0.5, 0.6) is 11.6 Å². The van der Waals surface area contributed by atoms with E-state index < -0.39 is 0 Å². The highest BCUT2D eigenvalue weighted by Gasteiger charge is 2.20. The third-order valence-corrected chi connectivity index (χ3v) is 4.78. The van der Waals surface area contributed by atoms with Gasteiger partial charge in [0.25, 0.3) is 0 Å². The van der Waals surface area contributed by atoms with Gasteiger partial charge < -0.3 is 20.3 Å². The van der Waals surface area contributed by atoms with Gasteiger partial charge in [0.2, 0.25) is 11.8 Å². The maximum atomic E-state index is 5.98. The van der Waals surface area contributed by atoms with Crippen LogP contribution in [0.2, 0.25) is 0 Å². The quantitative estimate of drug-likeness (QED) is 0.696. The van der Waals surface area contributed by atoms with Crippen LogP contribution in [0.15, 0.2) is 36.4 Å². The summed E-state index contributed by atoms with van der Waals surface area (Å²) in [6.07, 6.45) is 2.42. The topological polar surface area (TPSA) is 62.3 Å². The van der Waals surface area contributed by atoms with Crippen LogP contribution in [0.25, 0.3) is 0 Å². The number of piperidine rings is 1. The number of nitrogens with zero attached hydrogens (tertiary/aromatic N) is 3. The fourth-order valence-corrected chi connectivity index (χ4v) is 3.31. The number of ether oxygens (including phenoxy) is 1. The minimum Gasteiger partial charge on any atom is -0.439 e. The van der Waals surface area contributed by atoms with Gasteiger partial charge in [-0.25, -0.2) is 0 Å². The third kappa shape index (κ3) is 6.05. The Morgan fingerprint density at radius 3 is 2.79 bits per heavy atom. The lowest BCUT2D eigenvalue weighted by atomic mass is 10.0. The smallest absolute Gasteiger partial charge is 0.234 e. The second-order valence-corrected chi connectivity index (χ2v) is 8.13. The summed E-state index contributed by atoms with van der Waals surface area (Å²) in [5, 5.41) is 6.81. The summed E-state index contributed by atoms with van der Waals surface area (Å²) in [5.74, 6) is 3.70. The maximum Gasteiger partial charge on any atom is 0.234 e. The fraction of sp³-hybridized carbons (Fsp3) is 0.476. The van der Waals surface area contributed by atoms with E-state index in [1.54, 1.807) is 0 Å². The van der Waals surface area contributed by atoms with Crippen molar-refractivity contribution in [3.05, 3.63) is 36.4 Å². The minimum atomic E-state index is 0.447. The molecular weight excluding hydrogens is 370 g/mol. The Morgan fingerprint density at radius 2 is 2.07 bits per heavy atom. The molecule has 150 valence electrons. The summed E-state index contributed by atoms with van der Waals surface area (Å²) in [5.41, 5.74) is 0. The lowest BCUT2D eigenvalue weighted by molar-refractivity contribution is 0.440. The molecule has 1 saturated heterocycles. The number of nitrogens with one attached hydrogen (secondary N) is 2. The maximum absolute atomic E-state index is 5.98. The highest BCUT2D eigenvalue weighted by molar-refractivity contribution is 7.80. The molecule has 0 aliphatic carbocycles. The molecule has 0 spiro atoms. The Morgan fingerprint density at radius 1 is 1.29 bits per heavy atom. The molecule has 0 radical (unpaired) electrons. The predicted molar refractivity (Wildman–Crippen MR) is 118 cm³/mol. The van der Waals surface area contributed by atoms with E-state index >= 15 is 0 Å². The van der Waals surface area contributed by atoms with Crippen molar-refractivity contribution in [2.75, 3.05) is 29.9 Å². The van der Waals surface area contributed by atoms with Crippen LogP contribution in [-0.4, -0.2) is 34.7 Å². The number of aromatic nitrogens is 2. The molecule has 1 aliphatic heterocycles. The van der Waals surface area contributed by atoms with Crippen LogP contribution in [0.3, 0.4) is 0 Å². The molecule has 28 heavy (non-hydrogen) atoms. The summed E-state index contributed by atoms with van der Waals surface area (Å²) in [6, 6.07) is 11.6. The highest BCUT2D eigenvalue weighted by atomic mass is 32.1. The molecule has 3 rings (SSSR count). The zero-order valence-corrected chi connectivity index (χ0v) is 17.6. The number of hydrogen-bond acceptors (Lipinski definition) is 5. The van der Waals surface area contributed by atoms with E-state index in [1.165, 1.54) is 6.42 Å². The van der Waals surface area contributed by atoms with Gasteiger partial charge in [0, 0.05) is 25.7 Å². The van der Waals surface area contributed by atoms with Gasteiger partial charge in [0.05, 0.1) is 0 Å². The van der Waals surface area contributed by atoms with Crippen molar-refractivity contribution < 1.29 is 4.74 Å². The predicted octanol–water partition coefficient (Wildman–Crippen LogP) is 4.45. The second kappa shape index (κ2) is 9.68. The van der Waals surface area contributed by atoms with Crippen LogP contribution in [0.4, 0.5) is 11.8 Å². The average molecular weight is 400 g/mol. The monoisotopic (exact) mass is 399 g/mol. The molecule has 1 atom stereocenters. The van der Waals surface area contributed by atoms with Gasteiger partial charge in [-0.3, -0.25) is 0 Å². The molecule has 7 heteroatoms. The highest BCUT2D eigenvalue weighted by Crippen LogP contribution is 2.27. The van der Waals surface area contributed by atoms with Gasteiger partial charge in [0.1, 0.15) is 11.6 Å². The summed E-state index contributed by atoms with van der Waals surface area (Å²) >= 11 is 5.39. The number of benzene rings is 1. The van der Waals surface area contributed by atoms with Crippen molar-refractivity contribution in [3.63, 3.8) is 0 Å². The van der Waals surface area contributed by atoms with E-state index in [1.807, 2.05) is 36.4 Å². The van der Waals surface area contributed by atoms with E-state index in [0.717, 1.165) is 37.6 Å². The number of anilines is 2. The van der Waals surface area contributed by atoms with Gasteiger partial charge in [-0.1, -0.05) is 39.0 Å². The normalized spacial score (nSPS) is 16.7. The molecule has 0 saturated carbocycles. The van der Waals surface area contributed by atoms with Crippen LogP contribution in [-0.2, 0) is 0 Å². The Hall–Kier alpha value is -2.41. The van der Waals surface area contributed by atoms with Crippen LogP contribution >= 0.6 is 12.2 Å². The number of hydrogen-bond donors (Lipinski definition) is 2. The molecule has 0 amide bonds. The number of thiocarbonyl (C=S) groups is 1. The van der Waals surface area contributed by atoms with Crippen LogP contribution in [0.1, 0.15) is 33.6 Å². The van der Waals surface area contributed by atoms with Crippen molar-refractivity contribution in [3.8, 4) is 11.6 Å². The van der Waals surface area contributed by atoms with Crippen molar-refractivity contribution in [2.24, 2.45) is 11.8 Å². The first kappa shape index (κ1) is 20.3. The zero-order chi connectivity index (χ0) is 19.9. The Balaban J connectivity index is 1.81. The molecule has 2 heterocycles. The summed E-state index contributed by atoms with van der Waals surface area (Å²) < 4.78 is 5.98.